The zero-order chi connectivity index (χ0) is 11.3. The molecule has 15 heavy (non-hydrogen) atoms. The minimum atomic E-state index is 0.00481. The van der Waals surface area contributed by atoms with Gasteiger partial charge < -0.3 is 10.0 Å². The van der Waals surface area contributed by atoms with E-state index < -0.39 is 0 Å². The van der Waals surface area contributed by atoms with Gasteiger partial charge in [-0.25, -0.2) is 0 Å². The Morgan fingerprint density at radius 3 is 2.27 bits per heavy atom. The lowest BCUT2D eigenvalue weighted by molar-refractivity contribution is 0.248. The molecule has 0 unspecified atom stereocenters. The summed E-state index contributed by atoms with van der Waals surface area (Å²) in [6.07, 6.45) is 0.787. The van der Waals surface area contributed by atoms with E-state index in [9.17, 15) is 0 Å². The predicted octanol–water partition coefficient (Wildman–Crippen LogP) is 2.67. The Bertz CT molecular complexity index is 282. The van der Waals surface area contributed by atoms with Crippen LogP contribution in [-0.2, 0) is 0 Å². The number of aliphatic hydroxyl groups is 1. The number of aliphatic hydroxyl groups excluding tert-OH is 1. The van der Waals surface area contributed by atoms with Gasteiger partial charge in [0.2, 0.25) is 0 Å². The van der Waals surface area contributed by atoms with Crippen molar-refractivity contribution in [1.82, 2.24) is 0 Å². The highest BCUT2D eigenvalue weighted by Gasteiger charge is 2.24. The molecule has 0 aliphatic carbocycles. The van der Waals surface area contributed by atoms with Crippen LogP contribution in [0, 0.1) is 0 Å². The van der Waals surface area contributed by atoms with E-state index in [1.165, 1.54) is 5.69 Å². The van der Waals surface area contributed by atoms with Gasteiger partial charge in [0.25, 0.3) is 0 Å². The molecule has 0 aliphatic rings. The number of anilines is 1. The van der Waals surface area contributed by atoms with Crippen LogP contribution in [0.1, 0.15) is 27.2 Å². The second-order valence-corrected chi connectivity index (χ2v) is 4.37. The Morgan fingerprint density at radius 2 is 1.80 bits per heavy atom. The molecular weight excluding hydrogens is 186 g/mol. The summed E-state index contributed by atoms with van der Waals surface area (Å²) in [5, 5.41) is 9.07. The average Bonchev–Trinajstić information content (AvgIpc) is 2.19. The van der Waals surface area contributed by atoms with Crippen LogP contribution < -0.4 is 4.90 Å². The third-order valence-electron chi connectivity index (χ3n) is 2.84. The van der Waals surface area contributed by atoms with Gasteiger partial charge in [-0.2, -0.15) is 0 Å². The van der Waals surface area contributed by atoms with Gasteiger partial charge >= 0.3 is 0 Å². The summed E-state index contributed by atoms with van der Waals surface area (Å²) in [4.78, 5) is 2.32. The van der Waals surface area contributed by atoms with Crippen molar-refractivity contribution in [2.24, 2.45) is 0 Å². The van der Waals surface area contributed by atoms with Crippen LogP contribution >= 0.6 is 0 Å². The fraction of sp³-hybridized carbons (Fsp3) is 0.538. The number of para-hydroxylation sites is 1. The van der Waals surface area contributed by atoms with Gasteiger partial charge in [0.05, 0.1) is 0 Å². The molecule has 0 spiro atoms. The van der Waals surface area contributed by atoms with Crippen molar-refractivity contribution >= 4 is 5.69 Å². The highest BCUT2D eigenvalue weighted by molar-refractivity contribution is 5.48. The van der Waals surface area contributed by atoms with E-state index in [1.54, 1.807) is 0 Å². The highest BCUT2D eigenvalue weighted by Crippen LogP contribution is 2.25. The summed E-state index contributed by atoms with van der Waals surface area (Å²) in [5.74, 6) is 0. The summed E-state index contributed by atoms with van der Waals surface area (Å²) >= 11 is 0. The lowest BCUT2D eigenvalue weighted by atomic mass is 9.97. The topological polar surface area (TPSA) is 23.5 Å². The molecule has 0 aromatic heterocycles. The molecule has 84 valence electrons. The number of rotatable bonds is 5. The van der Waals surface area contributed by atoms with Crippen molar-refractivity contribution in [3.05, 3.63) is 30.3 Å². The molecule has 2 nitrogen and oxygen atoms in total. The van der Waals surface area contributed by atoms with Gasteiger partial charge in [-0.3, -0.25) is 0 Å². The van der Waals surface area contributed by atoms with Crippen LogP contribution in [0.4, 0.5) is 5.69 Å². The fourth-order valence-corrected chi connectivity index (χ4v) is 1.98. The number of hydrogen-bond donors (Lipinski definition) is 1. The van der Waals surface area contributed by atoms with Gasteiger partial charge in [0.1, 0.15) is 0 Å². The highest BCUT2D eigenvalue weighted by atomic mass is 16.3. The summed E-state index contributed by atoms with van der Waals surface area (Å²) in [6, 6.07) is 10.3. The van der Waals surface area contributed by atoms with Crippen LogP contribution in [0.15, 0.2) is 30.3 Å². The lowest BCUT2D eigenvalue weighted by Gasteiger charge is -2.39. The maximum Gasteiger partial charge on any atom is 0.0453 e. The first kappa shape index (κ1) is 12.1. The molecular formula is C13H21NO. The third-order valence-corrected chi connectivity index (χ3v) is 2.84. The summed E-state index contributed by atoms with van der Waals surface area (Å²) in [6.45, 7) is 7.67. The van der Waals surface area contributed by atoms with E-state index >= 15 is 0 Å². The number of hydrogen-bond acceptors (Lipinski definition) is 2. The fourth-order valence-electron chi connectivity index (χ4n) is 1.98. The molecule has 0 heterocycles. The van der Waals surface area contributed by atoms with E-state index in [0.717, 1.165) is 13.0 Å². The Morgan fingerprint density at radius 1 is 1.20 bits per heavy atom. The molecule has 1 aromatic carbocycles. The van der Waals surface area contributed by atoms with Gasteiger partial charge in [-0.15, -0.1) is 0 Å². The third kappa shape index (κ3) is 2.96. The van der Waals surface area contributed by atoms with Gasteiger partial charge in [-0.05, 0) is 39.3 Å². The van der Waals surface area contributed by atoms with Crippen LogP contribution in [0.3, 0.4) is 0 Å². The predicted molar refractivity (Wildman–Crippen MR) is 65.2 cm³/mol. The minimum Gasteiger partial charge on any atom is -0.396 e. The first-order valence-corrected chi connectivity index (χ1v) is 5.55. The van der Waals surface area contributed by atoms with Gasteiger partial charge in [-0.1, -0.05) is 18.2 Å². The first-order valence-electron chi connectivity index (χ1n) is 5.55. The van der Waals surface area contributed by atoms with Gasteiger partial charge in [0, 0.05) is 24.4 Å². The first-order chi connectivity index (χ1) is 7.11. The van der Waals surface area contributed by atoms with Crippen molar-refractivity contribution in [2.45, 2.75) is 32.7 Å². The van der Waals surface area contributed by atoms with E-state index in [0.29, 0.717) is 0 Å². The molecule has 1 N–H and O–H groups in total. The van der Waals surface area contributed by atoms with Crippen LogP contribution in [0.5, 0.6) is 0 Å². The van der Waals surface area contributed by atoms with Crippen LogP contribution in [0.25, 0.3) is 0 Å². The Kier molecular flexibility index (Phi) is 4.15. The number of nitrogens with zero attached hydrogens (tertiary/aromatic N) is 1. The maximum absolute atomic E-state index is 9.07. The molecule has 0 amide bonds. The molecule has 1 rings (SSSR count). The molecule has 0 saturated carbocycles. The minimum absolute atomic E-state index is 0.00481. The smallest absolute Gasteiger partial charge is 0.0453 e. The average molecular weight is 207 g/mol. The summed E-state index contributed by atoms with van der Waals surface area (Å²) < 4.78 is 0. The van der Waals surface area contributed by atoms with Crippen LogP contribution in [0.2, 0.25) is 0 Å². The molecule has 0 saturated heterocycles. The van der Waals surface area contributed by atoms with Crippen molar-refractivity contribution < 1.29 is 5.11 Å². The molecule has 2 heteroatoms. The van der Waals surface area contributed by atoms with Gasteiger partial charge in [0.15, 0.2) is 0 Å². The van der Waals surface area contributed by atoms with E-state index in [1.807, 2.05) is 18.2 Å². The molecule has 0 atom stereocenters. The Hall–Kier alpha value is -1.02. The zero-order valence-electron chi connectivity index (χ0n) is 9.90. The zero-order valence-corrected chi connectivity index (χ0v) is 9.90. The molecule has 0 radical (unpaired) electrons. The molecule has 0 aliphatic heterocycles. The summed E-state index contributed by atoms with van der Waals surface area (Å²) in [7, 11) is 0. The second kappa shape index (κ2) is 5.17. The Balaban J connectivity index is 2.89. The normalized spacial score (nSPS) is 11.5. The second-order valence-electron chi connectivity index (χ2n) is 4.37. The van der Waals surface area contributed by atoms with Crippen LogP contribution in [-0.4, -0.2) is 23.8 Å². The molecule has 1 aromatic rings. The molecule has 0 fully saturated rings. The van der Waals surface area contributed by atoms with Crippen molar-refractivity contribution in [3.63, 3.8) is 0 Å². The SMILES string of the molecule is CCN(c1ccccc1)C(C)(C)CCO. The number of benzene rings is 1. The largest absolute Gasteiger partial charge is 0.396 e. The Labute approximate surface area is 92.5 Å². The van der Waals surface area contributed by atoms with E-state index in [-0.39, 0.29) is 12.1 Å². The summed E-state index contributed by atoms with van der Waals surface area (Å²) in [5.41, 5.74) is 1.23. The van der Waals surface area contributed by atoms with E-state index in [4.69, 9.17) is 5.11 Å². The van der Waals surface area contributed by atoms with Crippen molar-refractivity contribution in [1.29, 1.82) is 0 Å². The lowest BCUT2D eigenvalue weighted by Crippen LogP contribution is -2.44. The maximum atomic E-state index is 9.07. The van der Waals surface area contributed by atoms with Crippen molar-refractivity contribution in [3.8, 4) is 0 Å². The quantitative estimate of drug-likeness (QED) is 0.802. The van der Waals surface area contributed by atoms with E-state index in [2.05, 4.69) is 37.8 Å². The standard InChI is InChI=1S/C13H21NO/c1-4-14(13(2,3)10-11-15)12-8-6-5-7-9-12/h5-9,15H,4,10-11H2,1-3H3. The monoisotopic (exact) mass is 207 g/mol. The van der Waals surface area contributed by atoms with Crippen molar-refractivity contribution in [2.75, 3.05) is 18.1 Å². The molecule has 0 bridgehead atoms.